The van der Waals surface area contributed by atoms with Crippen LogP contribution >= 0.6 is 0 Å². The molecule has 0 aromatic rings. The van der Waals surface area contributed by atoms with Gasteiger partial charge in [0.25, 0.3) is 0 Å². The van der Waals surface area contributed by atoms with E-state index in [0.717, 1.165) is 38.5 Å². The Labute approximate surface area is 344 Å². The van der Waals surface area contributed by atoms with E-state index in [1.807, 2.05) is 6.08 Å². The fraction of sp³-hybridized carbons (Fsp3) is 0.936. The predicted octanol–water partition coefficient (Wildman–Crippen LogP) is 10.1. The molecule has 7 atom stereocenters. The zero-order valence-corrected chi connectivity index (χ0v) is 36.4. The number of hydrogen-bond acceptors (Lipinski definition) is 8. The van der Waals surface area contributed by atoms with Crippen LogP contribution in [0.5, 0.6) is 0 Å². The first-order valence-corrected chi connectivity index (χ1v) is 23.9. The molecule has 1 fully saturated rings. The van der Waals surface area contributed by atoms with Crippen LogP contribution in [0.4, 0.5) is 0 Å². The quantitative estimate of drug-likeness (QED) is 0.0265. The molecule has 1 rings (SSSR count). The summed E-state index contributed by atoms with van der Waals surface area (Å²) in [7, 11) is 0. The standard InChI is InChI=1S/C47H91NO8/c1-3-5-7-9-11-13-15-17-19-21-23-25-27-29-31-33-35-37-43(51)48-40(39-55-47-46(54)45(53)44(52)42(38-49)56-47)41(50)36-34-32-30-28-26-24-22-20-18-16-14-12-10-8-6-4-2/h34,36,40-42,44-47,49-50,52-54H,3-33,35,37-39H2,1-2H3,(H,48,51)/b36-34+. The summed E-state index contributed by atoms with van der Waals surface area (Å²) in [5, 5.41) is 54.2. The third-order valence-electron chi connectivity index (χ3n) is 11.6. The first-order chi connectivity index (χ1) is 27.3. The number of unbranched alkanes of at least 4 members (excludes halogenated alkanes) is 30. The van der Waals surface area contributed by atoms with Gasteiger partial charge in [-0.3, -0.25) is 4.79 Å². The van der Waals surface area contributed by atoms with E-state index in [9.17, 15) is 30.3 Å². The second-order valence-electron chi connectivity index (χ2n) is 16.9. The van der Waals surface area contributed by atoms with Gasteiger partial charge in [0.05, 0.1) is 25.4 Å². The highest BCUT2D eigenvalue weighted by Crippen LogP contribution is 2.23. The van der Waals surface area contributed by atoms with Gasteiger partial charge < -0.3 is 40.3 Å². The second-order valence-corrected chi connectivity index (χ2v) is 16.9. The van der Waals surface area contributed by atoms with Crippen LogP contribution in [0, 0.1) is 0 Å². The van der Waals surface area contributed by atoms with E-state index in [-0.39, 0.29) is 12.5 Å². The number of ether oxygens (including phenoxy) is 2. The number of carbonyl (C=O) groups is 1. The highest BCUT2D eigenvalue weighted by molar-refractivity contribution is 5.76. The van der Waals surface area contributed by atoms with Gasteiger partial charge >= 0.3 is 0 Å². The van der Waals surface area contributed by atoms with Crippen LogP contribution in [0.15, 0.2) is 12.2 Å². The van der Waals surface area contributed by atoms with Crippen LogP contribution in [-0.2, 0) is 14.3 Å². The topological polar surface area (TPSA) is 149 Å². The van der Waals surface area contributed by atoms with Crippen LogP contribution in [0.25, 0.3) is 0 Å². The van der Waals surface area contributed by atoms with Crippen LogP contribution in [0.2, 0.25) is 0 Å². The van der Waals surface area contributed by atoms with Crippen molar-refractivity contribution in [3.8, 4) is 0 Å². The normalized spacial score (nSPS) is 21.2. The van der Waals surface area contributed by atoms with Crippen molar-refractivity contribution < 1.29 is 39.8 Å². The third kappa shape index (κ3) is 28.4. The molecule has 1 heterocycles. The maximum absolute atomic E-state index is 13.0. The molecule has 0 radical (unpaired) electrons. The Hall–Kier alpha value is -1.07. The van der Waals surface area contributed by atoms with Crippen molar-refractivity contribution in [2.24, 2.45) is 0 Å². The Morgan fingerprint density at radius 1 is 0.589 bits per heavy atom. The summed E-state index contributed by atoms with van der Waals surface area (Å²) in [6.45, 7) is 3.79. The van der Waals surface area contributed by atoms with E-state index in [0.29, 0.717) is 6.42 Å². The first kappa shape index (κ1) is 52.9. The molecule has 0 aromatic heterocycles. The molecule has 332 valence electrons. The van der Waals surface area contributed by atoms with Gasteiger partial charge in [-0.15, -0.1) is 0 Å². The van der Waals surface area contributed by atoms with Crippen molar-refractivity contribution >= 4 is 5.91 Å². The average Bonchev–Trinajstić information content (AvgIpc) is 3.20. The van der Waals surface area contributed by atoms with Gasteiger partial charge in [-0.25, -0.2) is 0 Å². The SMILES string of the molecule is CCCCCCCCCCCCCCCC/C=C/C(O)C(COC1OC(CO)C(O)C(O)C1O)NC(=O)CCCCCCCCCCCCCCCCCCC. The summed E-state index contributed by atoms with van der Waals surface area (Å²) in [6.07, 6.45) is 36.8. The Morgan fingerprint density at radius 3 is 1.39 bits per heavy atom. The van der Waals surface area contributed by atoms with Gasteiger partial charge in [0, 0.05) is 6.42 Å². The Bertz CT molecular complexity index is 888. The Morgan fingerprint density at radius 2 is 0.982 bits per heavy atom. The van der Waals surface area contributed by atoms with E-state index in [1.54, 1.807) is 6.08 Å². The summed E-state index contributed by atoms with van der Waals surface area (Å²) in [4.78, 5) is 13.0. The molecular weight excluding hydrogens is 707 g/mol. The van der Waals surface area contributed by atoms with Crippen LogP contribution in [-0.4, -0.2) is 87.5 Å². The summed E-state index contributed by atoms with van der Waals surface area (Å²) in [5.41, 5.74) is 0. The predicted molar refractivity (Wildman–Crippen MR) is 231 cm³/mol. The van der Waals surface area contributed by atoms with Crippen molar-refractivity contribution in [1.82, 2.24) is 5.32 Å². The molecule has 1 saturated heterocycles. The van der Waals surface area contributed by atoms with Crippen molar-refractivity contribution in [3.63, 3.8) is 0 Å². The van der Waals surface area contributed by atoms with Crippen LogP contribution < -0.4 is 5.32 Å². The fourth-order valence-electron chi connectivity index (χ4n) is 7.75. The lowest BCUT2D eigenvalue weighted by Gasteiger charge is -2.40. The summed E-state index contributed by atoms with van der Waals surface area (Å²) in [5.74, 6) is -0.173. The highest BCUT2D eigenvalue weighted by atomic mass is 16.7. The Kier molecular flexibility index (Phi) is 36.1. The molecule has 6 N–H and O–H groups in total. The monoisotopic (exact) mass is 798 g/mol. The number of aliphatic hydroxyl groups excluding tert-OH is 5. The van der Waals surface area contributed by atoms with Crippen molar-refractivity contribution in [1.29, 1.82) is 0 Å². The molecule has 0 saturated carbocycles. The lowest BCUT2D eigenvalue weighted by Crippen LogP contribution is -2.60. The highest BCUT2D eigenvalue weighted by Gasteiger charge is 2.44. The molecule has 56 heavy (non-hydrogen) atoms. The van der Waals surface area contributed by atoms with Crippen LogP contribution in [0.3, 0.4) is 0 Å². The van der Waals surface area contributed by atoms with Crippen molar-refractivity contribution in [2.45, 2.75) is 269 Å². The summed E-state index contributed by atoms with van der Waals surface area (Å²) in [6, 6.07) is -0.798. The second kappa shape index (κ2) is 38.2. The molecule has 0 spiro atoms. The minimum atomic E-state index is -1.56. The van der Waals surface area contributed by atoms with E-state index in [4.69, 9.17) is 9.47 Å². The number of aliphatic hydroxyl groups is 5. The van der Waals surface area contributed by atoms with E-state index >= 15 is 0 Å². The van der Waals surface area contributed by atoms with Gasteiger partial charge in [0.2, 0.25) is 5.91 Å². The van der Waals surface area contributed by atoms with Gasteiger partial charge in [0.15, 0.2) is 6.29 Å². The molecule has 0 aromatic carbocycles. The molecule has 9 nitrogen and oxygen atoms in total. The van der Waals surface area contributed by atoms with E-state index in [2.05, 4.69) is 19.2 Å². The van der Waals surface area contributed by atoms with E-state index < -0.39 is 49.5 Å². The van der Waals surface area contributed by atoms with Crippen molar-refractivity contribution in [2.75, 3.05) is 13.2 Å². The van der Waals surface area contributed by atoms with Gasteiger partial charge in [-0.1, -0.05) is 212 Å². The number of rotatable bonds is 40. The zero-order chi connectivity index (χ0) is 40.9. The molecule has 1 amide bonds. The molecule has 0 bridgehead atoms. The van der Waals surface area contributed by atoms with E-state index in [1.165, 1.54) is 167 Å². The number of carbonyl (C=O) groups excluding carboxylic acids is 1. The first-order valence-electron chi connectivity index (χ1n) is 23.9. The van der Waals surface area contributed by atoms with Gasteiger partial charge in [-0.05, 0) is 19.3 Å². The number of amides is 1. The lowest BCUT2D eigenvalue weighted by molar-refractivity contribution is -0.302. The fourth-order valence-corrected chi connectivity index (χ4v) is 7.75. The van der Waals surface area contributed by atoms with Crippen molar-refractivity contribution in [3.05, 3.63) is 12.2 Å². The largest absolute Gasteiger partial charge is 0.394 e. The summed E-state index contributed by atoms with van der Waals surface area (Å²) >= 11 is 0. The average molecular weight is 798 g/mol. The lowest BCUT2D eigenvalue weighted by atomic mass is 9.99. The molecule has 1 aliphatic rings. The number of hydrogen-bond donors (Lipinski definition) is 6. The maximum Gasteiger partial charge on any atom is 0.220 e. The molecule has 0 aliphatic carbocycles. The zero-order valence-electron chi connectivity index (χ0n) is 36.4. The smallest absolute Gasteiger partial charge is 0.220 e. The minimum absolute atomic E-state index is 0.173. The minimum Gasteiger partial charge on any atom is -0.394 e. The van der Waals surface area contributed by atoms with Gasteiger partial charge in [0.1, 0.15) is 24.4 Å². The molecule has 9 heteroatoms. The summed E-state index contributed by atoms with van der Waals surface area (Å²) < 4.78 is 11.2. The Balaban J connectivity index is 2.33. The molecule has 1 aliphatic heterocycles. The molecular formula is C47H91NO8. The maximum atomic E-state index is 13.0. The van der Waals surface area contributed by atoms with Gasteiger partial charge in [-0.2, -0.15) is 0 Å². The van der Waals surface area contributed by atoms with Crippen LogP contribution in [0.1, 0.15) is 226 Å². The third-order valence-corrected chi connectivity index (χ3v) is 11.6. The number of nitrogens with one attached hydrogen (secondary N) is 1. The number of allylic oxidation sites excluding steroid dienone is 1. The molecule has 7 unspecified atom stereocenters.